The summed E-state index contributed by atoms with van der Waals surface area (Å²) in [5.41, 5.74) is 5.99. The molecule has 0 radical (unpaired) electrons. The molecule has 7 heteroatoms. The molecule has 0 bridgehead atoms. The number of amides is 1. The van der Waals surface area contributed by atoms with Crippen LogP contribution in [0.5, 0.6) is 0 Å². The molecular formula is C25H23ClN4OS. The number of hydrogen-bond donors (Lipinski definition) is 1. The van der Waals surface area contributed by atoms with Crippen LogP contribution in [-0.4, -0.2) is 26.4 Å². The molecule has 0 saturated carbocycles. The van der Waals surface area contributed by atoms with E-state index < -0.39 is 0 Å². The Kier molecular flexibility index (Phi) is 6.63. The van der Waals surface area contributed by atoms with Crippen LogP contribution in [0.15, 0.2) is 71.9 Å². The highest BCUT2D eigenvalue weighted by atomic mass is 35.5. The number of hydrogen-bond acceptors (Lipinski definition) is 4. The van der Waals surface area contributed by atoms with Crippen LogP contribution in [-0.2, 0) is 4.79 Å². The van der Waals surface area contributed by atoms with E-state index in [0.717, 1.165) is 33.6 Å². The van der Waals surface area contributed by atoms with Crippen LogP contribution >= 0.6 is 23.4 Å². The standard InChI is InChI=1S/C25H23ClN4OS/c1-16-5-4-6-19(12-16)24-28-29-25(30(24)22-9-7-20(26)8-10-22)32-15-23(31)27-21-13-17(2)11-18(3)14-21/h4-14H,15H2,1-3H3,(H,27,31). The first kappa shape index (κ1) is 22.1. The SMILES string of the molecule is Cc1cc(C)cc(NC(=O)CSc2nnc(-c3cccc(C)c3)n2-c2ccc(Cl)cc2)c1. The smallest absolute Gasteiger partial charge is 0.234 e. The quantitative estimate of drug-likeness (QED) is 0.344. The van der Waals surface area contributed by atoms with Gasteiger partial charge < -0.3 is 5.32 Å². The van der Waals surface area contributed by atoms with Crippen molar-refractivity contribution in [1.29, 1.82) is 0 Å². The van der Waals surface area contributed by atoms with Crippen LogP contribution in [0.25, 0.3) is 17.1 Å². The minimum atomic E-state index is -0.0947. The van der Waals surface area contributed by atoms with E-state index >= 15 is 0 Å². The van der Waals surface area contributed by atoms with Gasteiger partial charge in [-0.3, -0.25) is 9.36 Å². The minimum Gasteiger partial charge on any atom is -0.325 e. The lowest BCUT2D eigenvalue weighted by molar-refractivity contribution is -0.113. The number of aromatic nitrogens is 3. The number of aryl methyl sites for hydroxylation is 3. The Hall–Kier alpha value is -3.09. The normalized spacial score (nSPS) is 10.9. The van der Waals surface area contributed by atoms with E-state index in [1.807, 2.05) is 79.9 Å². The van der Waals surface area contributed by atoms with Gasteiger partial charge in [0.2, 0.25) is 5.91 Å². The summed E-state index contributed by atoms with van der Waals surface area (Å²) in [6.07, 6.45) is 0. The van der Waals surface area contributed by atoms with Crippen LogP contribution in [0.2, 0.25) is 5.02 Å². The molecule has 1 N–H and O–H groups in total. The summed E-state index contributed by atoms with van der Waals surface area (Å²) in [7, 11) is 0. The summed E-state index contributed by atoms with van der Waals surface area (Å²) in [4.78, 5) is 12.6. The number of halogens is 1. The summed E-state index contributed by atoms with van der Waals surface area (Å²) < 4.78 is 1.96. The second kappa shape index (κ2) is 9.59. The summed E-state index contributed by atoms with van der Waals surface area (Å²) in [5.74, 6) is 0.836. The van der Waals surface area contributed by atoms with Crippen molar-refractivity contribution in [3.8, 4) is 17.1 Å². The third-order valence-corrected chi connectivity index (χ3v) is 6.01. The number of thioether (sulfide) groups is 1. The van der Waals surface area contributed by atoms with Crippen LogP contribution in [0.3, 0.4) is 0 Å². The van der Waals surface area contributed by atoms with Crippen molar-refractivity contribution in [1.82, 2.24) is 14.8 Å². The van der Waals surface area contributed by atoms with Crippen LogP contribution in [0, 0.1) is 20.8 Å². The zero-order valence-corrected chi connectivity index (χ0v) is 19.7. The van der Waals surface area contributed by atoms with Gasteiger partial charge in [0.05, 0.1) is 5.75 Å². The fraction of sp³-hybridized carbons (Fsp3) is 0.160. The van der Waals surface area contributed by atoms with E-state index in [1.54, 1.807) is 0 Å². The molecular weight excluding hydrogens is 440 g/mol. The number of nitrogens with zero attached hydrogens (tertiary/aromatic N) is 3. The molecule has 4 aromatic rings. The summed E-state index contributed by atoms with van der Waals surface area (Å²) in [6.45, 7) is 6.07. The Morgan fingerprint density at radius 2 is 1.66 bits per heavy atom. The van der Waals surface area contributed by atoms with Crippen molar-refractivity contribution in [2.24, 2.45) is 0 Å². The lowest BCUT2D eigenvalue weighted by atomic mass is 10.1. The van der Waals surface area contributed by atoms with Crippen molar-refractivity contribution in [2.45, 2.75) is 25.9 Å². The molecule has 0 spiro atoms. The third kappa shape index (κ3) is 5.21. The van der Waals surface area contributed by atoms with Gasteiger partial charge in [-0.05, 0) is 74.4 Å². The lowest BCUT2D eigenvalue weighted by Gasteiger charge is -2.11. The predicted octanol–water partition coefficient (Wildman–Crippen LogP) is 6.24. The average molecular weight is 463 g/mol. The molecule has 0 fully saturated rings. The van der Waals surface area contributed by atoms with Gasteiger partial charge in [0.15, 0.2) is 11.0 Å². The molecule has 0 aliphatic heterocycles. The second-order valence-corrected chi connectivity index (χ2v) is 9.08. The van der Waals surface area contributed by atoms with E-state index in [-0.39, 0.29) is 11.7 Å². The predicted molar refractivity (Wildman–Crippen MR) is 132 cm³/mol. The second-order valence-electron chi connectivity index (χ2n) is 7.70. The van der Waals surface area contributed by atoms with Crippen LogP contribution in [0.1, 0.15) is 16.7 Å². The Morgan fingerprint density at radius 1 is 0.938 bits per heavy atom. The van der Waals surface area contributed by atoms with Gasteiger partial charge in [0, 0.05) is 22.0 Å². The third-order valence-electron chi connectivity index (χ3n) is 4.83. The van der Waals surface area contributed by atoms with Crippen molar-refractivity contribution < 1.29 is 4.79 Å². The van der Waals surface area contributed by atoms with Gasteiger partial charge in [-0.2, -0.15) is 0 Å². The van der Waals surface area contributed by atoms with Gasteiger partial charge in [0.1, 0.15) is 0 Å². The van der Waals surface area contributed by atoms with E-state index in [2.05, 4.69) is 27.6 Å². The first-order chi connectivity index (χ1) is 15.4. The maximum atomic E-state index is 12.6. The molecule has 3 aromatic carbocycles. The van der Waals surface area contributed by atoms with Gasteiger partial charge in [-0.25, -0.2) is 0 Å². The Bertz CT molecular complexity index is 1250. The minimum absolute atomic E-state index is 0.0947. The van der Waals surface area contributed by atoms with Gasteiger partial charge in [-0.15, -0.1) is 10.2 Å². The highest BCUT2D eigenvalue weighted by Gasteiger charge is 2.17. The fourth-order valence-corrected chi connectivity index (χ4v) is 4.41. The first-order valence-electron chi connectivity index (χ1n) is 10.2. The molecule has 1 heterocycles. The molecule has 1 aromatic heterocycles. The number of anilines is 1. The molecule has 32 heavy (non-hydrogen) atoms. The van der Waals surface area contributed by atoms with Crippen molar-refractivity contribution in [3.63, 3.8) is 0 Å². The summed E-state index contributed by atoms with van der Waals surface area (Å²) >= 11 is 7.44. The van der Waals surface area contributed by atoms with E-state index in [1.165, 1.54) is 11.8 Å². The number of nitrogens with one attached hydrogen (secondary N) is 1. The van der Waals surface area contributed by atoms with Crippen molar-refractivity contribution in [2.75, 3.05) is 11.1 Å². The van der Waals surface area contributed by atoms with Crippen molar-refractivity contribution in [3.05, 3.63) is 88.4 Å². The zero-order valence-electron chi connectivity index (χ0n) is 18.1. The van der Waals surface area contributed by atoms with Crippen molar-refractivity contribution >= 4 is 35.0 Å². The fourth-order valence-electron chi connectivity index (χ4n) is 3.53. The number of benzene rings is 3. The first-order valence-corrected chi connectivity index (χ1v) is 11.5. The highest BCUT2D eigenvalue weighted by Crippen LogP contribution is 2.29. The lowest BCUT2D eigenvalue weighted by Crippen LogP contribution is -2.14. The summed E-state index contributed by atoms with van der Waals surface area (Å²) in [5, 5.41) is 13.1. The molecule has 162 valence electrons. The Labute approximate surface area is 196 Å². The topological polar surface area (TPSA) is 59.8 Å². The molecule has 0 atom stereocenters. The Balaban J connectivity index is 1.60. The molecule has 0 saturated heterocycles. The molecule has 0 unspecified atom stereocenters. The van der Waals surface area contributed by atoms with Crippen LogP contribution in [0.4, 0.5) is 5.69 Å². The van der Waals surface area contributed by atoms with Gasteiger partial charge in [-0.1, -0.05) is 53.2 Å². The van der Waals surface area contributed by atoms with E-state index in [4.69, 9.17) is 11.6 Å². The number of carbonyl (C=O) groups excluding carboxylic acids is 1. The maximum Gasteiger partial charge on any atom is 0.234 e. The Morgan fingerprint density at radius 3 is 2.34 bits per heavy atom. The van der Waals surface area contributed by atoms with E-state index in [0.29, 0.717) is 16.0 Å². The van der Waals surface area contributed by atoms with E-state index in [9.17, 15) is 4.79 Å². The molecule has 0 aliphatic carbocycles. The molecule has 0 aliphatic rings. The number of rotatable bonds is 6. The highest BCUT2D eigenvalue weighted by molar-refractivity contribution is 7.99. The zero-order chi connectivity index (χ0) is 22.7. The average Bonchev–Trinajstić information content (AvgIpc) is 3.16. The van der Waals surface area contributed by atoms with Gasteiger partial charge in [0.25, 0.3) is 0 Å². The molecule has 4 rings (SSSR count). The number of carbonyl (C=O) groups is 1. The largest absolute Gasteiger partial charge is 0.325 e. The maximum absolute atomic E-state index is 12.6. The molecule has 1 amide bonds. The monoisotopic (exact) mass is 462 g/mol. The van der Waals surface area contributed by atoms with Gasteiger partial charge >= 0.3 is 0 Å². The van der Waals surface area contributed by atoms with Crippen LogP contribution < -0.4 is 5.32 Å². The molecule has 5 nitrogen and oxygen atoms in total. The summed E-state index contributed by atoms with van der Waals surface area (Å²) in [6, 6.07) is 21.6.